The summed E-state index contributed by atoms with van der Waals surface area (Å²) in [4.78, 5) is 0. The molecule has 178 valence electrons. The third-order valence-electron chi connectivity index (χ3n) is 4.47. The molecule has 0 nitrogen and oxygen atoms in total. The van der Waals surface area contributed by atoms with Gasteiger partial charge in [0.05, 0.1) is 0 Å². The molecule has 2 aliphatic rings. The van der Waals surface area contributed by atoms with Gasteiger partial charge in [-0.1, -0.05) is 68.2 Å². The molecule has 0 radical (unpaired) electrons. The second-order valence-electron chi connectivity index (χ2n) is 9.14. The van der Waals surface area contributed by atoms with Gasteiger partial charge in [0.1, 0.15) is 0 Å². The van der Waals surface area contributed by atoms with Gasteiger partial charge in [-0.3, -0.25) is 12.2 Å². The van der Waals surface area contributed by atoms with E-state index in [0.29, 0.717) is 0 Å². The summed E-state index contributed by atoms with van der Waals surface area (Å²) in [6.07, 6.45) is 18.7. The molecule has 0 saturated carbocycles. The van der Waals surface area contributed by atoms with Crippen LogP contribution in [0, 0.1) is 37.8 Å². The molecule has 0 heterocycles. The maximum absolute atomic E-state index is 3.46. The first kappa shape index (κ1) is 40.9. The molecular formula is C26H48Cl2SiZr-4. The summed E-state index contributed by atoms with van der Waals surface area (Å²) >= 11 is 1.58. The van der Waals surface area contributed by atoms with E-state index in [1.807, 2.05) is 6.88 Å². The van der Waals surface area contributed by atoms with Gasteiger partial charge in [0.2, 0.25) is 0 Å². The van der Waals surface area contributed by atoms with Crippen LogP contribution in [0.5, 0.6) is 0 Å². The zero-order valence-corrected chi connectivity index (χ0v) is 26.9. The van der Waals surface area contributed by atoms with Crippen molar-refractivity contribution in [3.63, 3.8) is 0 Å². The predicted octanol–water partition coefficient (Wildman–Crippen LogP) is 8.61. The SMILES string of the molecule is CCCC1=CC(C(C)(C)C)=[C-]C1.CCCC1=CC(C(C)(C)C)=[C-]C1.Cl.Cl.[CH3-].[CH3-].[SiH2]=[Zr]. The second-order valence-corrected chi connectivity index (χ2v) is 9.14. The maximum atomic E-state index is 3.46. The molecule has 0 aromatic carbocycles. The Kier molecular flexibility index (Phi) is 27.7. The van der Waals surface area contributed by atoms with Crippen molar-refractivity contribution in [2.45, 2.75) is 93.9 Å². The Labute approximate surface area is 219 Å². The molecule has 0 saturated heterocycles. The van der Waals surface area contributed by atoms with Crippen molar-refractivity contribution in [3.8, 4) is 0 Å². The zero-order valence-electron chi connectivity index (χ0n) is 21.4. The third kappa shape index (κ3) is 16.3. The van der Waals surface area contributed by atoms with Crippen LogP contribution in [0.25, 0.3) is 0 Å². The normalized spacial score (nSPS) is 14.2. The van der Waals surface area contributed by atoms with E-state index in [9.17, 15) is 0 Å². The molecule has 30 heavy (non-hydrogen) atoms. The van der Waals surface area contributed by atoms with Gasteiger partial charge >= 0.3 is 30.2 Å². The molecule has 0 atom stereocenters. The zero-order chi connectivity index (χ0) is 20.4. The van der Waals surface area contributed by atoms with Crippen molar-refractivity contribution in [1.29, 1.82) is 0 Å². The molecule has 0 spiro atoms. The molecule has 2 aliphatic carbocycles. The Hall–Kier alpha value is 0.640. The molecule has 0 fully saturated rings. The standard InChI is InChI=1S/2C12H19.2CH3.2ClH.H2Si.Zr/c2*1-5-6-10-7-8-11(9-10)12(2,3)4;;;;;;/h2*9H,5-7H2,1-4H3;2*1H3;2*1H;1H2;/q4*-1;;;;. The minimum absolute atomic E-state index is 0. The van der Waals surface area contributed by atoms with Gasteiger partial charge in [-0.25, -0.2) is 23.3 Å². The molecule has 0 amide bonds. The Morgan fingerprint density at radius 2 is 1.00 bits per heavy atom. The van der Waals surface area contributed by atoms with Crippen LogP contribution in [0.1, 0.15) is 93.9 Å². The van der Waals surface area contributed by atoms with Crippen LogP contribution in [-0.2, 0) is 23.3 Å². The van der Waals surface area contributed by atoms with Crippen molar-refractivity contribution in [2.75, 3.05) is 0 Å². The van der Waals surface area contributed by atoms with Crippen LogP contribution in [0.2, 0.25) is 0 Å². The van der Waals surface area contributed by atoms with E-state index in [1.54, 1.807) is 34.5 Å². The van der Waals surface area contributed by atoms with Gasteiger partial charge in [-0.15, -0.1) is 37.7 Å². The summed E-state index contributed by atoms with van der Waals surface area (Å²) in [6, 6.07) is 0. The fourth-order valence-electron chi connectivity index (χ4n) is 2.96. The van der Waals surface area contributed by atoms with E-state index in [2.05, 4.69) is 79.7 Å². The van der Waals surface area contributed by atoms with Gasteiger partial charge < -0.3 is 14.9 Å². The molecule has 0 aromatic rings. The fourth-order valence-corrected chi connectivity index (χ4v) is 2.96. The van der Waals surface area contributed by atoms with E-state index < -0.39 is 0 Å². The summed E-state index contributed by atoms with van der Waals surface area (Å²) in [5.41, 5.74) is 6.48. The van der Waals surface area contributed by atoms with Gasteiger partial charge in [-0.2, -0.15) is 11.1 Å². The van der Waals surface area contributed by atoms with Gasteiger partial charge in [-0.05, 0) is 23.7 Å². The van der Waals surface area contributed by atoms with Crippen molar-refractivity contribution in [3.05, 3.63) is 61.4 Å². The first-order valence-corrected chi connectivity index (χ1v) is 16.0. The van der Waals surface area contributed by atoms with E-state index in [0.717, 1.165) is 12.8 Å². The van der Waals surface area contributed by atoms with Crippen LogP contribution in [0.4, 0.5) is 0 Å². The molecule has 0 unspecified atom stereocenters. The molecular weight excluding hydrogens is 503 g/mol. The quantitative estimate of drug-likeness (QED) is 0.243. The van der Waals surface area contributed by atoms with Crippen LogP contribution in [0.3, 0.4) is 0 Å². The minimum atomic E-state index is 0. The Morgan fingerprint density at radius 1 is 0.733 bits per heavy atom. The van der Waals surface area contributed by atoms with Crippen molar-refractivity contribution >= 4 is 31.7 Å². The summed E-state index contributed by atoms with van der Waals surface area (Å²) in [5, 5.41) is 0. The Bertz CT molecular complexity index is 509. The Morgan fingerprint density at radius 3 is 1.17 bits per heavy atom. The second kappa shape index (κ2) is 20.3. The first-order chi connectivity index (χ1) is 12.1. The summed E-state index contributed by atoms with van der Waals surface area (Å²) in [6.45, 7) is 19.9. The molecule has 0 aliphatic heterocycles. The van der Waals surface area contributed by atoms with Crippen molar-refractivity contribution in [2.24, 2.45) is 10.8 Å². The van der Waals surface area contributed by atoms with Gasteiger partial charge in [0.25, 0.3) is 0 Å². The summed E-state index contributed by atoms with van der Waals surface area (Å²) in [5.74, 6) is 0. The summed E-state index contributed by atoms with van der Waals surface area (Å²) in [7, 11) is 0. The molecule has 0 bridgehead atoms. The molecule has 0 aromatic heterocycles. The molecule has 4 heteroatoms. The van der Waals surface area contributed by atoms with Crippen LogP contribution >= 0.6 is 24.8 Å². The van der Waals surface area contributed by atoms with Crippen LogP contribution in [-0.4, -0.2) is 6.88 Å². The van der Waals surface area contributed by atoms with Crippen molar-refractivity contribution < 1.29 is 23.3 Å². The number of allylic oxidation sites excluding steroid dienone is 8. The Balaban J connectivity index is -0.000000114. The van der Waals surface area contributed by atoms with Gasteiger partial charge in [0.15, 0.2) is 0 Å². The predicted molar refractivity (Wildman–Crippen MR) is 144 cm³/mol. The van der Waals surface area contributed by atoms with E-state index >= 15 is 0 Å². The average Bonchev–Trinajstić information content (AvgIpc) is 3.19. The number of rotatable bonds is 4. The van der Waals surface area contributed by atoms with Crippen LogP contribution < -0.4 is 0 Å². The van der Waals surface area contributed by atoms with E-state index in [-0.39, 0.29) is 50.5 Å². The molecule has 2 rings (SSSR count). The number of halogens is 2. The topological polar surface area (TPSA) is 0 Å². The van der Waals surface area contributed by atoms with Gasteiger partial charge in [0, 0.05) is 0 Å². The fraction of sp³-hybridized carbons (Fsp3) is 0.615. The number of hydrogen-bond acceptors (Lipinski definition) is 0. The van der Waals surface area contributed by atoms with E-state index in [1.165, 1.54) is 36.8 Å². The van der Waals surface area contributed by atoms with E-state index in [4.69, 9.17) is 0 Å². The summed E-state index contributed by atoms with van der Waals surface area (Å²) < 4.78 is 0. The first-order valence-electron chi connectivity index (χ1n) is 10.0. The van der Waals surface area contributed by atoms with Crippen LogP contribution in [0.15, 0.2) is 34.4 Å². The number of hydrogen-bond donors (Lipinski definition) is 0. The monoisotopic (exact) mass is 548 g/mol. The average molecular weight is 551 g/mol. The third-order valence-corrected chi connectivity index (χ3v) is 4.47. The molecule has 0 N–H and O–H groups in total. The van der Waals surface area contributed by atoms with Crippen molar-refractivity contribution in [1.82, 2.24) is 0 Å².